The highest BCUT2D eigenvalue weighted by atomic mass is 35.5. The van der Waals surface area contributed by atoms with Gasteiger partial charge in [-0.15, -0.1) is 0 Å². The standard InChI is InChI=1S/C18H23ClN2O3/c19-16-10-14(11-21-18(16)24-15-7-9-23-12-15)17(22)20-8-6-13-4-2-1-3-5-13/h4,10-11,15H,1-3,5-9,12H2,(H,20,22). The molecule has 1 unspecified atom stereocenters. The summed E-state index contributed by atoms with van der Waals surface area (Å²) in [5.41, 5.74) is 1.90. The van der Waals surface area contributed by atoms with Gasteiger partial charge >= 0.3 is 0 Å². The molecule has 1 aromatic rings. The lowest BCUT2D eigenvalue weighted by molar-refractivity contribution is 0.0953. The summed E-state index contributed by atoms with van der Waals surface area (Å²) in [6.45, 7) is 1.88. The van der Waals surface area contributed by atoms with Crippen LogP contribution in [0.1, 0.15) is 48.9 Å². The van der Waals surface area contributed by atoms with E-state index in [1.165, 1.54) is 24.6 Å². The molecule has 1 saturated heterocycles. The van der Waals surface area contributed by atoms with Crippen LogP contribution in [0.4, 0.5) is 0 Å². The SMILES string of the molecule is O=C(NCCC1=CCCCC1)c1cnc(OC2CCOC2)c(Cl)c1. The molecule has 24 heavy (non-hydrogen) atoms. The lowest BCUT2D eigenvalue weighted by atomic mass is 9.97. The molecule has 2 heterocycles. The van der Waals surface area contributed by atoms with Crippen LogP contribution in [0.25, 0.3) is 0 Å². The number of allylic oxidation sites excluding steroid dienone is 1. The number of halogens is 1. The Balaban J connectivity index is 1.50. The molecule has 130 valence electrons. The number of ether oxygens (including phenoxy) is 2. The maximum Gasteiger partial charge on any atom is 0.252 e. The molecule has 6 heteroatoms. The van der Waals surface area contributed by atoms with Crippen molar-refractivity contribution in [2.24, 2.45) is 0 Å². The van der Waals surface area contributed by atoms with E-state index in [9.17, 15) is 4.79 Å². The highest BCUT2D eigenvalue weighted by molar-refractivity contribution is 6.32. The lowest BCUT2D eigenvalue weighted by Crippen LogP contribution is -2.25. The van der Waals surface area contributed by atoms with Gasteiger partial charge in [0.1, 0.15) is 11.1 Å². The predicted molar refractivity (Wildman–Crippen MR) is 92.6 cm³/mol. The Morgan fingerprint density at radius 3 is 3.08 bits per heavy atom. The van der Waals surface area contributed by atoms with Crippen LogP contribution in [-0.2, 0) is 4.74 Å². The van der Waals surface area contributed by atoms with Crippen LogP contribution in [0, 0.1) is 0 Å². The Kier molecular flexibility index (Phi) is 6.10. The summed E-state index contributed by atoms with van der Waals surface area (Å²) < 4.78 is 11.0. The average molecular weight is 351 g/mol. The Hall–Kier alpha value is -1.59. The van der Waals surface area contributed by atoms with E-state index in [0.29, 0.717) is 36.2 Å². The quantitative estimate of drug-likeness (QED) is 0.797. The third-order valence-electron chi connectivity index (χ3n) is 4.35. The Bertz CT molecular complexity index is 612. The van der Waals surface area contributed by atoms with Crippen LogP contribution in [-0.4, -0.2) is 36.8 Å². The summed E-state index contributed by atoms with van der Waals surface area (Å²) in [5, 5.41) is 3.28. The van der Waals surface area contributed by atoms with E-state index in [1.54, 1.807) is 6.07 Å². The van der Waals surface area contributed by atoms with E-state index in [0.717, 1.165) is 25.7 Å². The third-order valence-corrected chi connectivity index (χ3v) is 4.62. The average Bonchev–Trinajstić information content (AvgIpc) is 3.10. The highest BCUT2D eigenvalue weighted by Gasteiger charge is 2.20. The van der Waals surface area contributed by atoms with Gasteiger partial charge in [-0.1, -0.05) is 23.3 Å². The fourth-order valence-corrected chi connectivity index (χ4v) is 3.18. The second-order valence-corrected chi connectivity index (χ2v) is 6.64. The number of hydrogen-bond donors (Lipinski definition) is 1. The number of hydrogen-bond acceptors (Lipinski definition) is 4. The zero-order valence-corrected chi connectivity index (χ0v) is 14.5. The van der Waals surface area contributed by atoms with Gasteiger partial charge in [0.15, 0.2) is 0 Å². The molecule has 1 aliphatic carbocycles. The number of pyridine rings is 1. The lowest BCUT2D eigenvalue weighted by Gasteiger charge is -2.14. The summed E-state index contributed by atoms with van der Waals surface area (Å²) in [6.07, 6.45) is 10.4. The first-order valence-electron chi connectivity index (χ1n) is 8.58. The molecule has 2 aliphatic rings. The van der Waals surface area contributed by atoms with Gasteiger partial charge in [-0.3, -0.25) is 4.79 Å². The van der Waals surface area contributed by atoms with Crippen LogP contribution >= 0.6 is 11.6 Å². The summed E-state index contributed by atoms with van der Waals surface area (Å²) in [4.78, 5) is 16.4. The maximum absolute atomic E-state index is 12.2. The van der Waals surface area contributed by atoms with Crippen molar-refractivity contribution in [3.8, 4) is 5.88 Å². The molecule has 1 atom stereocenters. The van der Waals surface area contributed by atoms with Gasteiger partial charge in [0, 0.05) is 19.2 Å². The first kappa shape index (κ1) is 17.2. The number of carbonyl (C=O) groups is 1. The van der Waals surface area contributed by atoms with Crippen LogP contribution in [0.3, 0.4) is 0 Å². The minimum Gasteiger partial charge on any atom is -0.471 e. The van der Waals surface area contributed by atoms with E-state index in [1.807, 2.05) is 0 Å². The monoisotopic (exact) mass is 350 g/mol. The molecule has 1 N–H and O–H groups in total. The molecule has 1 aliphatic heterocycles. The van der Waals surface area contributed by atoms with Crippen molar-refractivity contribution in [2.75, 3.05) is 19.8 Å². The number of amides is 1. The largest absolute Gasteiger partial charge is 0.471 e. The molecular formula is C18H23ClN2O3. The van der Waals surface area contributed by atoms with E-state index in [4.69, 9.17) is 21.1 Å². The summed E-state index contributed by atoms with van der Waals surface area (Å²) >= 11 is 6.19. The van der Waals surface area contributed by atoms with Crippen molar-refractivity contribution < 1.29 is 14.3 Å². The molecule has 1 aromatic heterocycles. The van der Waals surface area contributed by atoms with Gasteiger partial charge in [0.2, 0.25) is 5.88 Å². The molecular weight excluding hydrogens is 328 g/mol. The van der Waals surface area contributed by atoms with Gasteiger partial charge in [-0.05, 0) is 38.2 Å². The number of carbonyl (C=O) groups excluding carboxylic acids is 1. The number of aromatic nitrogens is 1. The molecule has 0 aromatic carbocycles. The summed E-state index contributed by atoms with van der Waals surface area (Å²) in [7, 11) is 0. The molecule has 1 fully saturated rings. The smallest absolute Gasteiger partial charge is 0.252 e. The van der Waals surface area contributed by atoms with E-state index in [-0.39, 0.29) is 12.0 Å². The second kappa shape index (κ2) is 8.49. The van der Waals surface area contributed by atoms with Crippen molar-refractivity contribution in [1.82, 2.24) is 10.3 Å². The van der Waals surface area contributed by atoms with Crippen LogP contribution in [0.5, 0.6) is 5.88 Å². The maximum atomic E-state index is 12.2. The normalized spacial score (nSPS) is 20.5. The van der Waals surface area contributed by atoms with E-state index in [2.05, 4.69) is 16.4 Å². The number of nitrogens with zero attached hydrogens (tertiary/aromatic N) is 1. The third kappa shape index (κ3) is 4.71. The van der Waals surface area contributed by atoms with Gasteiger partial charge in [-0.25, -0.2) is 4.98 Å². The fraction of sp³-hybridized carbons (Fsp3) is 0.556. The van der Waals surface area contributed by atoms with Crippen LogP contribution in [0.15, 0.2) is 23.9 Å². The Labute approximate surface area is 147 Å². The molecule has 0 radical (unpaired) electrons. The van der Waals surface area contributed by atoms with E-state index < -0.39 is 0 Å². The predicted octanol–water partition coefficient (Wildman–Crippen LogP) is 3.52. The minimum atomic E-state index is -0.156. The number of nitrogens with one attached hydrogen (secondary N) is 1. The topological polar surface area (TPSA) is 60.5 Å². The first-order valence-corrected chi connectivity index (χ1v) is 8.96. The van der Waals surface area contributed by atoms with Crippen LogP contribution in [0.2, 0.25) is 5.02 Å². The van der Waals surface area contributed by atoms with Gasteiger partial charge in [-0.2, -0.15) is 0 Å². The Morgan fingerprint density at radius 2 is 2.38 bits per heavy atom. The van der Waals surface area contributed by atoms with Gasteiger partial charge in [0.25, 0.3) is 5.91 Å². The minimum absolute atomic E-state index is 0.0153. The Morgan fingerprint density at radius 1 is 1.46 bits per heavy atom. The molecule has 3 rings (SSSR count). The molecule has 0 saturated carbocycles. The van der Waals surface area contributed by atoms with E-state index >= 15 is 0 Å². The highest BCUT2D eigenvalue weighted by Crippen LogP contribution is 2.25. The van der Waals surface area contributed by atoms with Crippen molar-refractivity contribution in [3.05, 3.63) is 34.5 Å². The molecule has 1 amide bonds. The molecule has 0 spiro atoms. The summed E-state index contributed by atoms with van der Waals surface area (Å²) in [6, 6.07) is 1.61. The second-order valence-electron chi connectivity index (χ2n) is 6.23. The van der Waals surface area contributed by atoms with Crippen molar-refractivity contribution >= 4 is 17.5 Å². The van der Waals surface area contributed by atoms with Crippen molar-refractivity contribution in [3.63, 3.8) is 0 Å². The van der Waals surface area contributed by atoms with Gasteiger partial charge in [0.05, 0.1) is 18.8 Å². The number of rotatable bonds is 6. The van der Waals surface area contributed by atoms with Gasteiger partial charge < -0.3 is 14.8 Å². The first-order chi connectivity index (χ1) is 11.7. The summed E-state index contributed by atoms with van der Waals surface area (Å²) in [5.74, 6) is 0.202. The zero-order valence-electron chi connectivity index (χ0n) is 13.7. The van der Waals surface area contributed by atoms with Crippen molar-refractivity contribution in [1.29, 1.82) is 0 Å². The molecule has 5 nitrogen and oxygen atoms in total. The van der Waals surface area contributed by atoms with Crippen molar-refractivity contribution in [2.45, 2.75) is 44.6 Å². The zero-order chi connectivity index (χ0) is 16.8. The fourth-order valence-electron chi connectivity index (χ4n) is 2.97. The molecule has 0 bridgehead atoms. The van der Waals surface area contributed by atoms with Crippen LogP contribution < -0.4 is 10.1 Å².